The Hall–Kier alpha value is -3.88. The predicted octanol–water partition coefficient (Wildman–Crippen LogP) is 2.92. The van der Waals surface area contributed by atoms with E-state index in [1.165, 1.54) is 18.3 Å². The van der Waals surface area contributed by atoms with Crippen molar-refractivity contribution in [2.45, 2.75) is 6.42 Å². The highest BCUT2D eigenvalue weighted by Gasteiger charge is 2.59. The second kappa shape index (κ2) is 6.87. The maximum atomic E-state index is 12.7. The summed E-state index contributed by atoms with van der Waals surface area (Å²) in [6.45, 7) is 0. The molecule has 1 aromatic heterocycles. The van der Waals surface area contributed by atoms with Gasteiger partial charge < -0.3 is 4.74 Å². The molecule has 5 rings (SSSR count). The Labute approximate surface area is 170 Å². The minimum absolute atomic E-state index is 0.125. The number of pyridine rings is 1. The minimum Gasteiger partial charge on any atom is -0.438 e. The topological polar surface area (TPSA) is 115 Å². The summed E-state index contributed by atoms with van der Waals surface area (Å²) in [5.74, 6) is -0.306. The number of hydrogen-bond donors (Lipinski definition) is 0. The molecule has 2 fully saturated rings. The van der Waals surface area contributed by atoms with Crippen LogP contribution in [0.4, 0.5) is 5.69 Å². The number of fused-ring (bicyclic) bond motifs is 5. The average Bonchev–Trinajstić information content (AvgIpc) is 3.42. The van der Waals surface area contributed by atoms with Gasteiger partial charge in [-0.25, -0.2) is 4.98 Å². The van der Waals surface area contributed by atoms with Crippen molar-refractivity contribution in [1.82, 2.24) is 9.99 Å². The van der Waals surface area contributed by atoms with Gasteiger partial charge in [0.05, 0.1) is 23.0 Å². The van der Waals surface area contributed by atoms with E-state index in [0.717, 1.165) is 17.6 Å². The van der Waals surface area contributed by atoms with Crippen LogP contribution in [0, 0.1) is 33.8 Å². The summed E-state index contributed by atoms with van der Waals surface area (Å²) in [4.78, 5) is 39.6. The fourth-order valence-corrected chi connectivity index (χ4v) is 4.45. The number of allylic oxidation sites excluding steroid dienone is 2. The molecule has 9 nitrogen and oxygen atoms in total. The van der Waals surface area contributed by atoms with E-state index in [0.29, 0.717) is 11.3 Å². The summed E-state index contributed by atoms with van der Waals surface area (Å²) >= 11 is 0. The molecule has 0 N–H and O–H groups in total. The number of ether oxygens (including phenoxy) is 1. The third kappa shape index (κ3) is 2.86. The molecule has 0 radical (unpaired) electrons. The fourth-order valence-electron chi connectivity index (χ4n) is 4.45. The van der Waals surface area contributed by atoms with Crippen LogP contribution >= 0.6 is 0 Å². The fraction of sp³-hybridized carbons (Fsp3) is 0.238. The normalized spacial score (nSPS) is 26.6. The summed E-state index contributed by atoms with van der Waals surface area (Å²) in [5.41, 5.74) is 0.397. The second-order valence-corrected chi connectivity index (χ2v) is 7.48. The van der Waals surface area contributed by atoms with Crippen LogP contribution in [0.5, 0.6) is 11.6 Å². The van der Waals surface area contributed by atoms with E-state index in [2.05, 4.69) is 10.1 Å². The van der Waals surface area contributed by atoms with Gasteiger partial charge in [0.25, 0.3) is 17.5 Å². The first-order valence-electron chi connectivity index (χ1n) is 9.50. The maximum Gasteiger partial charge on any atom is 0.287 e. The van der Waals surface area contributed by atoms with Crippen molar-refractivity contribution in [2.24, 2.45) is 28.8 Å². The molecule has 0 spiro atoms. The van der Waals surface area contributed by atoms with Crippen LogP contribution in [0.3, 0.4) is 0 Å². The number of amides is 2. The largest absolute Gasteiger partial charge is 0.438 e. The second-order valence-electron chi connectivity index (χ2n) is 7.48. The molecular formula is C21H16N4O5. The lowest BCUT2D eigenvalue weighted by atomic mass is 9.85. The number of aromatic nitrogens is 1. The molecule has 0 unspecified atom stereocenters. The van der Waals surface area contributed by atoms with E-state index >= 15 is 0 Å². The van der Waals surface area contributed by atoms with Crippen molar-refractivity contribution in [1.29, 1.82) is 0 Å². The number of nitrogens with zero attached hydrogens (tertiary/aromatic N) is 4. The van der Waals surface area contributed by atoms with E-state index in [1.807, 2.05) is 12.2 Å². The van der Waals surface area contributed by atoms with Gasteiger partial charge >= 0.3 is 0 Å². The Kier molecular flexibility index (Phi) is 4.16. The minimum atomic E-state index is -0.543. The van der Waals surface area contributed by atoms with Gasteiger partial charge in [-0.1, -0.05) is 24.3 Å². The Balaban J connectivity index is 1.36. The van der Waals surface area contributed by atoms with Crippen LogP contribution in [-0.4, -0.2) is 32.9 Å². The lowest BCUT2D eigenvalue weighted by molar-refractivity contribution is -0.385. The molecule has 3 aliphatic rings. The monoisotopic (exact) mass is 404 g/mol. The molecule has 4 atom stereocenters. The van der Waals surface area contributed by atoms with Crippen LogP contribution in [0.2, 0.25) is 0 Å². The van der Waals surface area contributed by atoms with Gasteiger partial charge in [-0.3, -0.25) is 19.7 Å². The number of rotatable bonds is 5. The van der Waals surface area contributed by atoms with E-state index in [9.17, 15) is 19.7 Å². The third-order valence-electron chi connectivity index (χ3n) is 5.82. The van der Waals surface area contributed by atoms with E-state index in [1.54, 1.807) is 24.3 Å². The van der Waals surface area contributed by atoms with Gasteiger partial charge in [0.15, 0.2) is 0 Å². The molecule has 1 saturated heterocycles. The molecule has 30 heavy (non-hydrogen) atoms. The Morgan fingerprint density at radius 1 is 1.10 bits per heavy atom. The summed E-state index contributed by atoms with van der Waals surface area (Å²) in [7, 11) is 0. The molecule has 2 aromatic rings. The number of carbonyl (C=O) groups excluding carboxylic acids is 2. The first-order chi connectivity index (χ1) is 14.5. The lowest BCUT2D eigenvalue weighted by Gasteiger charge is -2.13. The molecule has 1 saturated carbocycles. The SMILES string of the molecule is O=C1[C@@H]2[C@H](C(=O)N1N=Cc1ccccc1Oc1ccc([N+](=O)[O-])cn1)[C@H]1C=C[C@H]2C1. The number of carbonyl (C=O) groups is 2. The molecule has 9 heteroatoms. The highest BCUT2D eigenvalue weighted by atomic mass is 16.6. The van der Waals surface area contributed by atoms with Gasteiger partial charge in [0.1, 0.15) is 11.9 Å². The zero-order valence-electron chi connectivity index (χ0n) is 15.6. The number of para-hydroxylation sites is 1. The summed E-state index contributed by atoms with van der Waals surface area (Å²) < 4.78 is 5.71. The molecule has 2 amide bonds. The van der Waals surface area contributed by atoms with Crippen LogP contribution in [0.15, 0.2) is 59.8 Å². The number of nitro groups is 1. The molecule has 1 aliphatic heterocycles. The Morgan fingerprint density at radius 2 is 1.80 bits per heavy atom. The molecule has 2 heterocycles. The quantitative estimate of drug-likeness (QED) is 0.249. The number of benzene rings is 1. The number of hydrogen-bond acceptors (Lipinski definition) is 7. The zero-order valence-corrected chi connectivity index (χ0v) is 15.6. The molecule has 2 bridgehead atoms. The van der Waals surface area contributed by atoms with E-state index in [-0.39, 0.29) is 47.1 Å². The van der Waals surface area contributed by atoms with Crippen molar-refractivity contribution in [3.05, 3.63) is 70.4 Å². The van der Waals surface area contributed by atoms with Crippen molar-refractivity contribution >= 4 is 23.7 Å². The van der Waals surface area contributed by atoms with Crippen molar-refractivity contribution < 1.29 is 19.2 Å². The summed E-state index contributed by atoms with van der Waals surface area (Å²) in [6, 6.07) is 9.60. The number of imide groups is 1. The van der Waals surface area contributed by atoms with Gasteiger partial charge in [0, 0.05) is 17.7 Å². The summed E-state index contributed by atoms with van der Waals surface area (Å²) in [5, 5.41) is 15.9. The molecule has 2 aliphatic carbocycles. The van der Waals surface area contributed by atoms with Gasteiger partial charge in [0.2, 0.25) is 5.88 Å². The first kappa shape index (κ1) is 18.2. The summed E-state index contributed by atoms with van der Waals surface area (Å²) in [6.07, 6.45) is 7.44. The third-order valence-corrected chi connectivity index (χ3v) is 5.82. The van der Waals surface area contributed by atoms with Crippen molar-refractivity contribution in [3.63, 3.8) is 0 Å². The van der Waals surface area contributed by atoms with E-state index < -0.39 is 4.92 Å². The standard InChI is InChI=1S/C21H16N4O5/c26-20-18-12-5-6-13(9-12)19(18)21(27)24(20)23-10-14-3-1-2-4-16(14)30-17-8-7-15(11-22-17)25(28)29/h1-8,10-13,18-19H,9H2/t12-,13-,18-,19+/m0/s1. The number of hydrazone groups is 1. The Morgan fingerprint density at radius 3 is 2.43 bits per heavy atom. The van der Waals surface area contributed by atoms with Crippen LogP contribution in [-0.2, 0) is 9.59 Å². The maximum absolute atomic E-state index is 12.7. The zero-order chi connectivity index (χ0) is 20.8. The van der Waals surface area contributed by atoms with Gasteiger partial charge in [-0.05, 0) is 30.4 Å². The van der Waals surface area contributed by atoms with Crippen molar-refractivity contribution in [2.75, 3.05) is 0 Å². The van der Waals surface area contributed by atoms with Crippen LogP contribution < -0.4 is 4.74 Å². The van der Waals surface area contributed by atoms with Crippen molar-refractivity contribution in [3.8, 4) is 11.6 Å². The molecule has 150 valence electrons. The van der Waals surface area contributed by atoms with Crippen LogP contribution in [0.25, 0.3) is 0 Å². The van der Waals surface area contributed by atoms with E-state index in [4.69, 9.17) is 4.74 Å². The highest BCUT2D eigenvalue weighted by Crippen LogP contribution is 2.52. The smallest absolute Gasteiger partial charge is 0.287 e. The van der Waals surface area contributed by atoms with Crippen LogP contribution in [0.1, 0.15) is 12.0 Å². The Bertz CT molecular complexity index is 1080. The highest BCUT2D eigenvalue weighted by molar-refractivity contribution is 6.06. The first-order valence-corrected chi connectivity index (χ1v) is 9.50. The predicted molar refractivity (Wildman–Crippen MR) is 105 cm³/mol. The lowest BCUT2D eigenvalue weighted by Crippen LogP contribution is -2.28. The van der Waals surface area contributed by atoms with Gasteiger partial charge in [-0.15, -0.1) is 0 Å². The van der Waals surface area contributed by atoms with Gasteiger partial charge in [-0.2, -0.15) is 10.1 Å². The molecular weight excluding hydrogens is 388 g/mol. The molecule has 1 aromatic carbocycles. The average molecular weight is 404 g/mol.